The van der Waals surface area contributed by atoms with Crippen molar-refractivity contribution in [2.24, 2.45) is 10.4 Å². The normalized spacial score (nSPS) is 18.3. The minimum Gasteiger partial charge on any atom is -0.221 e. The lowest BCUT2D eigenvalue weighted by molar-refractivity contribution is -0.504. The van der Waals surface area contributed by atoms with Gasteiger partial charge in [0.2, 0.25) is 10.9 Å². The van der Waals surface area contributed by atoms with Gasteiger partial charge in [0.05, 0.1) is 27.0 Å². The van der Waals surface area contributed by atoms with E-state index in [2.05, 4.69) is 10.4 Å². The molecule has 8 heteroatoms. The zero-order valence-corrected chi connectivity index (χ0v) is 14.3. The van der Waals surface area contributed by atoms with Crippen LogP contribution in [-0.2, 0) is 0 Å². The van der Waals surface area contributed by atoms with E-state index >= 15 is 0 Å². The van der Waals surface area contributed by atoms with Gasteiger partial charge in [0.25, 0.3) is 5.22 Å². The quantitative estimate of drug-likeness (QED) is 0.740. The summed E-state index contributed by atoms with van der Waals surface area (Å²) >= 11 is 6.10. The molecule has 1 aromatic rings. The van der Waals surface area contributed by atoms with Crippen LogP contribution in [-0.4, -0.2) is 38.9 Å². The zero-order valence-electron chi connectivity index (χ0n) is 13.6. The molecule has 0 bridgehead atoms. The highest BCUT2D eigenvalue weighted by atomic mass is 35.5. The van der Waals surface area contributed by atoms with Gasteiger partial charge >= 0.3 is 12.1 Å². The number of para-hydroxylation sites is 1. The van der Waals surface area contributed by atoms with Crippen LogP contribution in [0.5, 0.6) is 0 Å². The van der Waals surface area contributed by atoms with Crippen molar-refractivity contribution in [3.05, 3.63) is 29.3 Å². The van der Waals surface area contributed by atoms with Gasteiger partial charge in [-0.25, -0.2) is 4.90 Å². The van der Waals surface area contributed by atoms with Crippen LogP contribution in [0, 0.1) is 0 Å². The van der Waals surface area contributed by atoms with E-state index in [1.54, 1.807) is 29.2 Å². The molecule has 3 rings (SSSR count). The minimum atomic E-state index is -0.609. The standard InChI is InChI=1S/C16H20ClN5O2/c1-2-20(12-8-4-3-5-9-12)15(23)22-16(24)21(18-19-22)14-11-7-6-10-13(14)17/h6-7,10-12H,2-5,8-9H2,1H3/q+2. The number of halogens is 1. The summed E-state index contributed by atoms with van der Waals surface area (Å²) in [4.78, 5) is 27.0. The summed E-state index contributed by atoms with van der Waals surface area (Å²) in [6.07, 6.45) is 5.34. The lowest BCUT2D eigenvalue weighted by Crippen LogP contribution is -2.46. The van der Waals surface area contributed by atoms with Crippen LogP contribution < -0.4 is 0 Å². The number of imide groups is 1. The van der Waals surface area contributed by atoms with E-state index in [1.807, 2.05) is 6.92 Å². The Kier molecular flexibility index (Phi) is 4.99. The molecule has 24 heavy (non-hydrogen) atoms. The molecule has 0 N–H and O–H groups in total. The Balaban J connectivity index is 1.78. The fourth-order valence-corrected chi connectivity index (χ4v) is 3.42. The zero-order chi connectivity index (χ0) is 17.1. The fraction of sp³-hybridized carbons (Fsp3) is 0.500. The number of carbonyl (C=O) groups is 2. The number of benzene rings is 1. The van der Waals surface area contributed by atoms with Crippen LogP contribution in [0.15, 0.2) is 34.7 Å². The van der Waals surface area contributed by atoms with Crippen molar-refractivity contribution in [3.8, 4) is 0 Å². The van der Waals surface area contributed by atoms with Gasteiger partial charge in [-0.05, 0) is 44.7 Å². The molecule has 1 heterocycles. The van der Waals surface area contributed by atoms with E-state index in [0.29, 0.717) is 17.3 Å². The Bertz CT molecular complexity index is 725. The molecule has 7 nitrogen and oxygen atoms in total. The summed E-state index contributed by atoms with van der Waals surface area (Å²) in [5.74, 6) is 0. The average Bonchev–Trinajstić information content (AvgIpc) is 2.98. The Morgan fingerprint density at radius 2 is 1.96 bits per heavy atom. The highest BCUT2D eigenvalue weighted by Gasteiger charge is 2.48. The van der Waals surface area contributed by atoms with Crippen molar-refractivity contribution in [1.29, 1.82) is 0 Å². The fourth-order valence-electron chi connectivity index (χ4n) is 3.21. The number of nitrogens with zero attached hydrogens (tertiary/aromatic N) is 5. The molecule has 4 amide bonds. The van der Waals surface area contributed by atoms with E-state index in [9.17, 15) is 9.59 Å². The molecular formula is C16H20ClN5O2+2. The molecule has 2 aliphatic rings. The van der Waals surface area contributed by atoms with Crippen LogP contribution in [0.3, 0.4) is 0 Å². The third-order valence-corrected chi connectivity index (χ3v) is 4.76. The second-order valence-electron chi connectivity index (χ2n) is 5.90. The maximum absolute atomic E-state index is 12.8. The molecule has 1 aromatic carbocycles. The van der Waals surface area contributed by atoms with Crippen LogP contribution >= 0.6 is 11.6 Å². The van der Waals surface area contributed by atoms with Gasteiger partial charge in [0.1, 0.15) is 0 Å². The van der Waals surface area contributed by atoms with Gasteiger partial charge < -0.3 is 0 Å². The molecular weight excluding hydrogens is 330 g/mol. The van der Waals surface area contributed by atoms with Crippen LogP contribution in [0.4, 0.5) is 15.3 Å². The summed E-state index contributed by atoms with van der Waals surface area (Å²) in [6, 6.07) is 5.95. The smallest absolute Gasteiger partial charge is 0.221 e. The van der Waals surface area contributed by atoms with Crippen LogP contribution in [0.2, 0.25) is 5.02 Å². The molecule has 0 saturated heterocycles. The molecule has 0 radical (unpaired) electrons. The molecule has 1 aliphatic heterocycles. The first-order valence-electron chi connectivity index (χ1n) is 8.24. The molecule has 126 valence electrons. The molecule has 1 aliphatic carbocycles. The Hall–Kier alpha value is -2.15. The number of rotatable bonds is 3. The summed E-state index contributed by atoms with van der Waals surface area (Å²) in [5.41, 5.74) is 0.406. The number of carbonyl (C=O) groups excluding carboxylic acids is 2. The van der Waals surface area contributed by atoms with E-state index < -0.39 is 12.1 Å². The first-order chi connectivity index (χ1) is 11.6. The van der Waals surface area contributed by atoms with E-state index in [0.717, 1.165) is 35.1 Å². The van der Waals surface area contributed by atoms with Crippen LogP contribution in [0.25, 0.3) is 0 Å². The van der Waals surface area contributed by atoms with Crippen molar-refractivity contribution in [3.63, 3.8) is 0 Å². The molecule has 0 aromatic heterocycles. The third kappa shape index (κ3) is 3.08. The number of hydrogen-bond acceptors (Lipinski definition) is 4. The second-order valence-corrected chi connectivity index (χ2v) is 6.30. The monoisotopic (exact) mass is 349 g/mol. The highest BCUT2D eigenvalue weighted by molar-refractivity contribution is 6.32. The van der Waals surface area contributed by atoms with Crippen molar-refractivity contribution >= 4 is 29.4 Å². The maximum atomic E-state index is 12.8. The minimum absolute atomic E-state index is 0.161. The molecule has 0 atom stereocenters. The number of hydrogen-bond donors (Lipinski definition) is 0. The first-order valence-corrected chi connectivity index (χ1v) is 8.62. The molecule has 0 spiro atoms. The second kappa shape index (κ2) is 7.17. The third-order valence-electron chi connectivity index (χ3n) is 4.44. The van der Waals surface area contributed by atoms with Gasteiger partial charge in [0, 0.05) is 0 Å². The predicted octanol–water partition coefficient (Wildman–Crippen LogP) is 4.72. The van der Waals surface area contributed by atoms with Crippen LogP contribution in [0.1, 0.15) is 39.0 Å². The first kappa shape index (κ1) is 16.7. The van der Waals surface area contributed by atoms with Crippen molar-refractivity contribution in [2.45, 2.75) is 45.1 Å². The van der Waals surface area contributed by atoms with Gasteiger partial charge in [-0.2, -0.15) is 9.59 Å². The summed E-state index contributed by atoms with van der Waals surface area (Å²) < 4.78 is 1.87. The summed E-state index contributed by atoms with van der Waals surface area (Å²) in [6.45, 7) is 2.45. The summed E-state index contributed by atoms with van der Waals surface area (Å²) in [7, 11) is 0. The van der Waals surface area contributed by atoms with E-state index in [-0.39, 0.29) is 6.04 Å². The van der Waals surface area contributed by atoms with E-state index in [1.165, 1.54) is 6.42 Å². The van der Waals surface area contributed by atoms with Crippen molar-refractivity contribution in [2.75, 3.05) is 6.54 Å². The molecule has 0 unspecified atom stereocenters. The SMILES string of the molecule is CCN(C(=O)[N+]1=NN=[N+](c2ccccc2Cl)C1=O)C1CCCCC1. The molecule has 1 fully saturated rings. The lowest BCUT2D eigenvalue weighted by Gasteiger charge is -2.26. The van der Waals surface area contributed by atoms with Crippen molar-refractivity contribution < 1.29 is 19.0 Å². The average molecular weight is 350 g/mol. The lowest BCUT2D eigenvalue weighted by atomic mass is 9.94. The molecule has 1 saturated carbocycles. The Morgan fingerprint density at radius 3 is 2.62 bits per heavy atom. The van der Waals surface area contributed by atoms with Gasteiger partial charge in [-0.3, -0.25) is 0 Å². The maximum Gasteiger partial charge on any atom is 0.581 e. The van der Waals surface area contributed by atoms with Gasteiger partial charge in [-0.1, -0.05) is 30.2 Å². The van der Waals surface area contributed by atoms with E-state index in [4.69, 9.17) is 11.6 Å². The predicted molar refractivity (Wildman–Crippen MR) is 86.5 cm³/mol. The highest BCUT2D eigenvalue weighted by Crippen LogP contribution is 2.27. The summed E-state index contributed by atoms with van der Waals surface area (Å²) in [5, 5.41) is 7.95. The Labute approximate surface area is 145 Å². The van der Waals surface area contributed by atoms with Gasteiger partial charge in [-0.15, -0.1) is 0 Å². The van der Waals surface area contributed by atoms with Gasteiger partial charge in [0.15, 0.2) is 0 Å². The Morgan fingerprint density at radius 1 is 1.25 bits per heavy atom. The number of amides is 4. The topological polar surface area (TPSA) is 68.1 Å². The largest absolute Gasteiger partial charge is 0.581 e. The number of urea groups is 2. The van der Waals surface area contributed by atoms with Crippen molar-refractivity contribution in [1.82, 2.24) is 4.90 Å².